The van der Waals surface area contributed by atoms with Crippen molar-refractivity contribution >= 4 is 0 Å². The molecule has 1 heterocycles. The van der Waals surface area contributed by atoms with E-state index in [0.717, 1.165) is 5.69 Å². The lowest BCUT2D eigenvalue weighted by molar-refractivity contribution is 0.0276. The highest BCUT2D eigenvalue weighted by atomic mass is 16.3. The molecular weight excluding hydrogens is 242 g/mol. The van der Waals surface area contributed by atoms with Gasteiger partial charge >= 0.3 is 0 Å². The normalized spacial score (nSPS) is 13.6. The number of nitrogens with zero attached hydrogens (tertiary/aromatic N) is 5. The standard InChI is InChI=1S/C13H15N5O/c1-11-7-18(10-15-11)9-13(19,8-16-17-14)12-5-3-2-4-6-12/h2-7,10,19H,8-9H2,1H3. The summed E-state index contributed by atoms with van der Waals surface area (Å²) in [7, 11) is 0. The lowest BCUT2D eigenvalue weighted by atomic mass is 9.94. The molecule has 2 rings (SSSR count). The molecule has 0 aliphatic heterocycles. The molecule has 0 radical (unpaired) electrons. The van der Waals surface area contributed by atoms with Crippen LogP contribution < -0.4 is 0 Å². The van der Waals surface area contributed by atoms with Gasteiger partial charge in [0, 0.05) is 11.1 Å². The van der Waals surface area contributed by atoms with Crippen LogP contribution in [-0.2, 0) is 12.1 Å². The molecule has 0 aliphatic carbocycles. The van der Waals surface area contributed by atoms with E-state index in [0.29, 0.717) is 5.56 Å². The summed E-state index contributed by atoms with van der Waals surface area (Å²) in [5, 5.41) is 14.3. The molecule has 1 aromatic carbocycles. The molecule has 0 aliphatic rings. The van der Waals surface area contributed by atoms with E-state index >= 15 is 0 Å². The van der Waals surface area contributed by atoms with Crippen molar-refractivity contribution in [3.63, 3.8) is 0 Å². The summed E-state index contributed by atoms with van der Waals surface area (Å²) in [6.45, 7) is 2.15. The zero-order chi connectivity index (χ0) is 13.7. The third-order valence-electron chi connectivity index (χ3n) is 2.91. The number of azide groups is 1. The highest BCUT2D eigenvalue weighted by molar-refractivity contribution is 5.23. The Morgan fingerprint density at radius 2 is 2.16 bits per heavy atom. The van der Waals surface area contributed by atoms with Gasteiger partial charge in [0.1, 0.15) is 5.60 Å². The number of rotatable bonds is 5. The Kier molecular flexibility index (Phi) is 3.85. The van der Waals surface area contributed by atoms with Crippen LogP contribution in [0.15, 0.2) is 48.0 Å². The van der Waals surface area contributed by atoms with E-state index < -0.39 is 5.60 Å². The number of aromatic nitrogens is 2. The average Bonchev–Trinajstić information content (AvgIpc) is 2.83. The Balaban J connectivity index is 2.31. The number of imidazole rings is 1. The van der Waals surface area contributed by atoms with Gasteiger partial charge in [-0.1, -0.05) is 35.4 Å². The van der Waals surface area contributed by atoms with Crippen LogP contribution in [0.2, 0.25) is 0 Å². The second-order valence-electron chi connectivity index (χ2n) is 4.47. The van der Waals surface area contributed by atoms with Crippen molar-refractivity contribution < 1.29 is 5.11 Å². The highest BCUT2D eigenvalue weighted by Gasteiger charge is 2.29. The molecule has 0 fully saturated rings. The molecule has 6 nitrogen and oxygen atoms in total. The first kappa shape index (κ1) is 13.1. The van der Waals surface area contributed by atoms with E-state index in [4.69, 9.17) is 5.53 Å². The van der Waals surface area contributed by atoms with Gasteiger partial charge in [-0.3, -0.25) is 0 Å². The molecule has 1 aromatic heterocycles. The number of aryl methyl sites for hydroxylation is 1. The SMILES string of the molecule is Cc1cn(CC(O)(CN=[N+]=[N-])c2ccccc2)cn1. The quantitative estimate of drug-likeness (QED) is 0.506. The second kappa shape index (κ2) is 5.56. The van der Waals surface area contributed by atoms with Gasteiger partial charge in [-0.05, 0) is 18.0 Å². The summed E-state index contributed by atoms with van der Waals surface area (Å²) in [4.78, 5) is 6.86. The summed E-state index contributed by atoms with van der Waals surface area (Å²) in [5.74, 6) is 0. The number of aliphatic hydroxyl groups is 1. The van der Waals surface area contributed by atoms with Crippen LogP contribution in [-0.4, -0.2) is 21.2 Å². The van der Waals surface area contributed by atoms with Gasteiger partial charge in [0.25, 0.3) is 0 Å². The Morgan fingerprint density at radius 1 is 1.42 bits per heavy atom. The molecule has 0 spiro atoms. The first-order valence-corrected chi connectivity index (χ1v) is 5.91. The lowest BCUT2D eigenvalue weighted by Gasteiger charge is -2.27. The topological polar surface area (TPSA) is 86.8 Å². The van der Waals surface area contributed by atoms with Crippen LogP contribution >= 0.6 is 0 Å². The van der Waals surface area contributed by atoms with Crippen LogP contribution in [0.5, 0.6) is 0 Å². The maximum Gasteiger partial charge on any atom is 0.113 e. The largest absolute Gasteiger partial charge is 0.383 e. The van der Waals surface area contributed by atoms with Crippen molar-refractivity contribution in [1.29, 1.82) is 0 Å². The minimum Gasteiger partial charge on any atom is -0.383 e. The van der Waals surface area contributed by atoms with E-state index in [1.165, 1.54) is 0 Å². The first-order chi connectivity index (χ1) is 9.14. The predicted octanol–water partition coefficient (Wildman–Crippen LogP) is 2.39. The molecule has 0 amide bonds. The van der Waals surface area contributed by atoms with Gasteiger partial charge in [-0.2, -0.15) is 0 Å². The van der Waals surface area contributed by atoms with Crippen molar-refractivity contribution in [2.45, 2.75) is 19.1 Å². The van der Waals surface area contributed by atoms with Gasteiger partial charge in [-0.15, -0.1) is 0 Å². The Morgan fingerprint density at radius 3 is 2.74 bits per heavy atom. The van der Waals surface area contributed by atoms with Crippen molar-refractivity contribution in [3.05, 3.63) is 64.6 Å². The maximum atomic E-state index is 10.8. The van der Waals surface area contributed by atoms with Gasteiger partial charge < -0.3 is 9.67 Å². The molecule has 0 saturated heterocycles. The summed E-state index contributed by atoms with van der Waals surface area (Å²) >= 11 is 0. The van der Waals surface area contributed by atoms with E-state index in [-0.39, 0.29) is 13.1 Å². The van der Waals surface area contributed by atoms with Gasteiger partial charge in [0.2, 0.25) is 0 Å². The zero-order valence-electron chi connectivity index (χ0n) is 10.6. The van der Waals surface area contributed by atoms with Crippen LogP contribution in [0.1, 0.15) is 11.3 Å². The van der Waals surface area contributed by atoms with Crippen LogP contribution in [0, 0.1) is 6.92 Å². The van der Waals surface area contributed by atoms with E-state index in [9.17, 15) is 5.11 Å². The van der Waals surface area contributed by atoms with E-state index in [2.05, 4.69) is 15.0 Å². The molecule has 0 bridgehead atoms. The lowest BCUT2D eigenvalue weighted by Crippen LogP contribution is -2.34. The Hall–Kier alpha value is -2.30. The summed E-state index contributed by atoms with van der Waals surface area (Å²) in [6.07, 6.45) is 3.49. The fourth-order valence-electron chi connectivity index (χ4n) is 1.99. The molecule has 98 valence electrons. The monoisotopic (exact) mass is 257 g/mol. The van der Waals surface area contributed by atoms with Crippen molar-refractivity contribution in [3.8, 4) is 0 Å². The summed E-state index contributed by atoms with van der Waals surface area (Å²) in [6, 6.07) is 9.19. The first-order valence-electron chi connectivity index (χ1n) is 5.91. The molecule has 1 atom stereocenters. The minimum absolute atomic E-state index is 0.0231. The molecule has 19 heavy (non-hydrogen) atoms. The van der Waals surface area contributed by atoms with Gasteiger partial charge in [0.05, 0.1) is 25.1 Å². The van der Waals surface area contributed by atoms with Crippen LogP contribution in [0.3, 0.4) is 0 Å². The second-order valence-corrected chi connectivity index (χ2v) is 4.47. The molecule has 1 N–H and O–H groups in total. The van der Waals surface area contributed by atoms with Crippen LogP contribution in [0.25, 0.3) is 10.4 Å². The van der Waals surface area contributed by atoms with E-state index in [1.54, 1.807) is 10.9 Å². The summed E-state index contributed by atoms with van der Waals surface area (Å²) in [5.41, 5.74) is 8.83. The van der Waals surface area contributed by atoms with Gasteiger partial charge in [0.15, 0.2) is 0 Å². The molecule has 0 saturated carbocycles. The minimum atomic E-state index is -1.24. The average molecular weight is 257 g/mol. The molecular formula is C13H15N5O. The third-order valence-corrected chi connectivity index (χ3v) is 2.91. The molecule has 2 aromatic rings. The van der Waals surface area contributed by atoms with Crippen molar-refractivity contribution in [2.24, 2.45) is 5.11 Å². The fourth-order valence-corrected chi connectivity index (χ4v) is 1.99. The van der Waals surface area contributed by atoms with Crippen LogP contribution in [0.4, 0.5) is 0 Å². The fraction of sp³-hybridized carbons (Fsp3) is 0.308. The molecule has 6 heteroatoms. The number of hydrogen-bond donors (Lipinski definition) is 1. The highest BCUT2D eigenvalue weighted by Crippen LogP contribution is 2.24. The predicted molar refractivity (Wildman–Crippen MR) is 71.3 cm³/mol. The molecule has 1 unspecified atom stereocenters. The third kappa shape index (κ3) is 3.13. The smallest absolute Gasteiger partial charge is 0.113 e. The maximum absolute atomic E-state index is 10.8. The number of benzene rings is 1. The summed E-state index contributed by atoms with van der Waals surface area (Å²) < 4.78 is 1.79. The van der Waals surface area contributed by atoms with Crippen molar-refractivity contribution in [2.75, 3.05) is 6.54 Å². The van der Waals surface area contributed by atoms with Crippen molar-refractivity contribution in [1.82, 2.24) is 9.55 Å². The zero-order valence-corrected chi connectivity index (χ0v) is 10.6. The number of hydrogen-bond acceptors (Lipinski definition) is 3. The Bertz CT molecular complexity index is 588. The van der Waals surface area contributed by atoms with Gasteiger partial charge in [-0.25, -0.2) is 4.98 Å². The van der Waals surface area contributed by atoms with E-state index in [1.807, 2.05) is 43.5 Å². The Labute approximate surface area is 111 Å².